The van der Waals surface area contributed by atoms with Gasteiger partial charge in [-0.2, -0.15) is 0 Å². The molecule has 1 heterocycles. The van der Waals surface area contributed by atoms with Gasteiger partial charge in [-0.3, -0.25) is 0 Å². The van der Waals surface area contributed by atoms with Crippen molar-refractivity contribution in [2.45, 2.75) is 12.5 Å². The van der Waals surface area contributed by atoms with E-state index in [1.807, 2.05) is 6.26 Å². The number of rotatable bonds is 3. The third-order valence-electron chi connectivity index (χ3n) is 2.91. The van der Waals surface area contributed by atoms with Gasteiger partial charge in [0.1, 0.15) is 22.6 Å². The summed E-state index contributed by atoms with van der Waals surface area (Å²) < 4.78 is 6.05. The van der Waals surface area contributed by atoms with Crippen molar-refractivity contribution in [2.24, 2.45) is 0 Å². The van der Waals surface area contributed by atoms with Crippen molar-refractivity contribution in [2.75, 3.05) is 12.9 Å². The van der Waals surface area contributed by atoms with Crippen molar-refractivity contribution in [3.63, 3.8) is 0 Å². The van der Waals surface area contributed by atoms with Gasteiger partial charge < -0.3 is 14.9 Å². The number of thiocarbonyl (C=S) groups is 1. The third-order valence-corrected chi connectivity index (χ3v) is 4.89. The summed E-state index contributed by atoms with van der Waals surface area (Å²) in [5.41, 5.74) is 1.22. The van der Waals surface area contributed by atoms with Gasteiger partial charge in [-0.05, 0) is 12.3 Å². The summed E-state index contributed by atoms with van der Waals surface area (Å²) in [5, 5.41) is 19.7. The lowest BCUT2D eigenvalue weighted by molar-refractivity contribution is 0.134. The number of ether oxygens (including phenoxy) is 1. The average Bonchev–Trinajstić information content (AvgIpc) is 2.85. The summed E-state index contributed by atoms with van der Waals surface area (Å²) in [4.78, 5) is 0. The number of halogens is 2. The highest BCUT2D eigenvalue weighted by Gasteiger charge is 2.28. The van der Waals surface area contributed by atoms with Gasteiger partial charge in [0.05, 0.1) is 15.8 Å². The molecule has 0 radical (unpaired) electrons. The van der Waals surface area contributed by atoms with Crippen LogP contribution in [0.2, 0.25) is 10.0 Å². The minimum Gasteiger partial charge on any atom is -0.507 e. The van der Waals surface area contributed by atoms with Gasteiger partial charge in [0, 0.05) is 23.6 Å². The smallest absolute Gasteiger partial charge is 0.143 e. The molecule has 0 bridgehead atoms. The first kappa shape index (κ1) is 15.9. The van der Waals surface area contributed by atoms with E-state index in [4.69, 9.17) is 45.3 Å². The molecule has 0 amide bonds. The van der Waals surface area contributed by atoms with E-state index in [2.05, 4.69) is 0 Å². The predicted octanol–water partition coefficient (Wildman–Crippen LogP) is 3.88. The molecule has 0 spiro atoms. The Morgan fingerprint density at radius 2 is 2.25 bits per heavy atom. The zero-order valence-corrected chi connectivity index (χ0v) is 13.7. The molecule has 1 aliphatic rings. The molecular weight excluding hydrogens is 339 g/mol. The second kappa shape index (κ2) is 6.54. The van der Waals surface area contributed by atoms with Crippen LogP contribution >= 0.6 is 47.2 Å². The van der Waals surface area contributed by atoms with Crippen molar-refractivity contribution in [1.29, 1.82) is 0 Å². The lowest BCUT2D eigenvalue weighted by Gasteiger charge is -2.10. The lowest BCUT2D eigenvalue weighted by Crippen LogP contribution is -2.17. The van der Waals surface area contributed by atoms with Crippen LogP contribution in [0.3, 0.4) is 0 Å². The predicted molar refractivity (Wildman–Crippen MR) is 88.4 cm³/mol. The fourth-order valence-electron chi connectivity index (χ4n) is 1.93. The second-order valence-corrected chi connectivity index (χ2v) is 6.52. The normalized spacial score (nSPS) is 17.8. The molecule has 0 fully saturated rings. The van der Waals surface area contributed by atoms with Crippen molar-refractivity contribution in [1.82, 2.24) is 0 Å². The maximum absolute atomic E-state index is 10.1. The molecule has 2 rings (SSSR count). The van der Waals surface area contributed by atoms with Crippen molar-refractivity contribution >= 4 is 57.1 Å². The molecule has 20 heavy (non-hydrogen) atoms. The number of hydrogen-bond acceptors (Lipinski definition) is 5. The summed E-state index contributed by atoms with van der Waals surface area (Å²) in [7, 11) is 0. The van der Waals surface area contributed by atoms with E-state index in [-0.39, 0.29) is 28.5 Å². The quantitative estimate of drug-likeness (QED) is 0.492. The summed E-state index contributed by atoms with van der Waals surface area (Å²) in [6.45, 7) is -0.101. The van der Waals surface area contributed by atoms with E-state index in [0.29, 0.717) is 21.9 Å². The summed E-state index contributed by atoms with van der Waals surface area (Å²) in [5.74, 6) is 0.436. The monoisotopic (exact) mass is 350 g/mol. The topological polar surface area (TPSA) is 49.7 Å². The van der Waals surface area contributed by atoms with Crippen LogP contribution in [0.4, 0.5) is 0 Å². The van der Waals surface area contributed by atoms with Crippen LogP contribution in [0.5, 0.6) is 5.75 Å². The average molecular weight is 351 g/mol. The second-order valence-electron chi connectivity index (χ2n) is 4.22. The summed E-state index contributed by atoms with van der Waals surface area (Å²) in [6.07, 6.45) is 3.48. The van der Waals surface area contributed by atoms with Crippen LogP contribution in [0.15, 0.2) is 12.1 Å². The van der Waals surface area contributed by atoms with E-state index in [0.717, 1.165) is 5.56 Å². The standard InChI is InChI=1S/C13H12Cl2O3S2/c1-20-10(19)4-9(17)8-3-6-2-7(5-16)18-13(6)12(15)11(8)14/h3-4,7,16-17H,2,5H2,1H3. The third kappa shape index (κ3) is 3.07. The highest BCUT2D eigenvalue weighted by Crippen LogP contribution is 2.43. The number of benzene rings is 1. The van der Waals surface area contributed by atoms with Gasteiger partial charge in [0.2, 0.25) is 0 Å². The number of aliphatic hydroxyl groups is 2. The van der Waals surface area contributed by atoms with Gasteiger partial charge in [-0.1, -0.05) is 35.4 Å². The number of thioether (sulfide) groups is 1. The minimum atomic E-state index is -0.327. The Morgan fingerprint density at radius 1 is 1.55 bits per heavy atom. The van der Waals surface area contributed by atoms with Crippen LogP contribution in [0.25, 0.3) is 5.76 Å². The van der Waals surface area contributed by atoms with Gasteiger partial charge in [0.25, 0.3) is 0 Å². The molecule has 0 aromatic heterocycles. The van der Waals surface area contributed by atoms with E-state index in [1.54, 1.807) is 6.07 Å². The van der Waals surface area contributed by atoms with Crippen molar-refractivity contribution in [3.05, 3.63) is 33.3 Å². The molecule has 1 aromatic rings. The summed E-state index contributed by atoms with van der Waals surface area (Å²) in [6, 6.07) is 1.72. The number of aliphatic hydroxyl groups excluding tert-OH is 2. The Bertz CT molecular complexity index is 587. The van der Waals surface area contributed by atoms with Crippen LogP contribution < -0.4 is 4.74 Å². The first-order chi connectivity index (χ1) is 9.47. The molecule has 7 heteroatoms. The van der Waals surface area contributed by atoms with Crippen LogP contribution in [-0.2, 0) is 6.42 Å². The molecule has 1 aliphatic heterocycles. The molecule has 0 saturated carbocycles. The molecule has 0 aliphatic carbocycles. The van der Waals surface area contributed by atoms with Gasteiger partial charge >= 0.3 is 0 Å². The Kier molecular flexibility index (Phi) is 5.20. The lowest BCUT2D eigenvalue weighted by atomic mass is 10.1. The first-order valence-corrected chi connectivity index (χ1v) is 8.14. The Balaban J connectivity index is 2.45. The van der Waals surface area contributed by atoms with E-state index < -0.39 is 0 Å². The Hall–Kier alpha value is -0.460. The highest BCUT2D eigenvalue weighted by atomic mass is 35.5. The largest absolute Gasteiger partial charge is 0.507 e. The van der Waals surface area contributed by atoms with E-state index in [9.17, 15) is 5.11 Å². The minimum absolute atomic E-state index is 0.0356. The molecule has 2 N–H and O–H groups in total. The Morgan fingerprint density at radius 3 is 2.85 bits per heavy atom. The van der Waals surface area contributed by atoms with Gasteiger partial charge in [0.15, 0.2) is 0 Å². The maximum atomic E-state index is 10.1. The fraction of sp³-hybridized carbons (Fsp3) is 0.308. The molecular formula is C13H12Cl2O3S2. The van der Waals surface area contributed by atoms with Crippen LogP contribution in [-0.4, -0.2) is 33.4 Å². The first-order valence-electron chi connectivity index (χ1n) is 5.75. The van der Waals surface area contributed by atoms with Crippen LogP contribution in [0, 0.1) is 0 Å². The maximum Gasteiger partial charge on any atom is 0.143 e. The van der Waals surface area contributed by atoms with Crippen molar-refractivity contribution < 1.29 is 14.9 Å². The van der Waals surface area contributed by atoms with Gasteiger partial charge in [-0.15, -0.1) is 11.8 Å². The molecule has 1 aromatic carbocycles. The number of fused-ring (bicyclic) bond motifs is 1. The number of hydrogen-bond donors (Lipinski definition) is 2. The zero-order chi connectivity index (χ0) is 14.9. The molecule has 3 nitrogen and oxygen atoms in total. The molecule has 1 atom stereocenters. The SMILES string of the molecule is CSC(=S)C=C(O)c1cc2c(c(Cl)c1Cl)OC(CO)C2. The Labute approximate surface area is 136 Å². The highest BCUT2D eigenvalue weighted by molar-refractivity contribution is 8.23. The molecule has 108 valence electrons. The molecule has 1 unspecified atom stereocenters. The van der Waals surface area contributed by atoms with Crippen molar-refractivity contribution in [3.8, 4) is 5.75 Å². The zero-order valence-electron chi connectivity index (χ0n) is 10.5. The summed E-state index contributed by atoms with van der Waals surface area (Å²) >= 11 is 18.7. The van der Waals surface area contributed by atoms with Crippen LogP contribution in [0.1, 0.15) is 11.1 Å². The van der Waals surface area contributed by atoms with E-state index in [1.165, 1.54) is 17.8 Å². The molecule has 0 saturated heterocycles. The van der Waals surface area contributed by atoms with Gasteiger partial charge in [-0.25, -0.2) is 0 Å². The fourth-order valence-corrected chi connectivity index (χ4v) is 2.78. The van der Waals surface area contributed by atoms with E-state index >= 15 is 0 Å².